The molecule has 9 nitrogen and oxygen atoms in total. The molecule has 0 saturated heterocycles. The summed E-state index contributed by atoms with van der Waals surface area (Å²) < 4.78 is 4.26. The van der Waals surface area contributed by atoms with Crippen LogP contribution in [0, 0.1) is 0 Å². The van der Waals surface area contributed by atoms with Crippen molar-refractivity contribution in [2.24, 2.45) is 19.8 Å². The number of aromatic nitrogens is 6. The number of halogens is 1. The molecule has 1 aromatic carbocycles. The van der Waals surface area contributed by atoms with Gasteiger partial charge in [0.25, 0.3) is 5.56 Å². The number of imidazole rings is 1. The first kappa shape index (κ1) is 21.2. The number of nitrogens with one attached hydrogen (secondary N) is 1. The molecule has 0 radical (unpaired) electrons. The van der Waals surface area contributed by atoms with Gasteiger partial charge in [-0.05, 0) is 42.3 Å². The van der Waals surface area contributed by atoms with E-state index in [-0.39, 0.29) is 6.54 Å². The number of hydrogen-bond donors (Lipinski definition) is 2. The zero-order chi connectivity index (χ0) is 23.3. The third-order valence-corrected chi connectivity index (χ3v) is 6.26. The average Bonchev–Trinajstić information content (AvgIpc) is 3.38. The Morgan fingerprint density at radius 2 is 1.88 bits per heavy atom. The maximum Gasteiger partial charge on any atom is 0.332 e. The fourth-order valence-electron chi connectivity index (χ4n) is 4.23. The molecule has 4 heterocycles. The summed E-state index contributed by atoms with van der Waals surface area (Å²) in [4.78, 5) is 38.3. The number of benzene rings is 1. The topological polar surface area (TPSA) is 117 Å². The van der Waals surface area contributed by atoms with Crippen LogP contribution in [-0.2, 0) is 27.1 Å². The number of aromatic amines is 1. The van der Waals surface area contributed by atoms with Gasteiger partial charge in [-0.15, -0.1) is 0 Å². The van der Waals surface area contributed by atoms with Crippen LogP contribution in [0.2, 0.25) is 5.02 Å². The second-order valence-corrected chi connectivity index (χ2v) is 8.50. The molecule has 5 aromatic rings. The minimum atomic E-state index is -0.455. The summed E-state index contributed by atoms with van der Waals surface area (Å²) in [5, 5.41) is 1.44. The van der Waals surface area contributed by atoms with Crippen molar-refractivity contribution in [2.45, 2.75) is 19.0 Å². The Kier molecular flexibility index (Phi) is 5.15. The maximum atomic E-state index is 13.4. The summed E-state index contributed by atoms with van der Waals surface area (Å²) in [7, 11) is 3.35. The Labute approximate surface area is 193 Å². The zero-order valence-corrected chi connectivity index (χ0v) is 18.9. The highest BCUT2D eigenvalue weighted by Gasteiger charge is 2.22. The van der Waals surface area contributed by atoms with Crippen LogP contribution in [-0.4, -0.2) is 28.7 Å². The summed E-state index contributed by atoms with van der Waals surface area (Å²) >= 11 is 6.27. The molecule has 0 fully saturated rings. The summed E-state index contributed by atoms with van der Waals surface area (Å²) in [6.07, 6.45) is 3.94. The lowest BCUT2D eigenvalue weighted by molar-refractivity contribution is 0.635. The number of H-pyrrole nitrogens is 1. The first-order valence-corrected chi connectivity index (χ1v) is 10.8. The molecule has 33 heavy (non-hydrogen) atoms. The van der Waals surface area contributed by atoms with Crippen molar-refractivity contribution in [1.29, 1.82) is 0 Å². The van der Waals surface area contributed by atoms with Gasteiger partial charge in [-0.1, -0.05) is 17.7 Å². The van der Waals surface area contributed by atoms with Crippen LogP contribution in [0.4, 0.5) is 0 Å². The zero-order valence-electron chi connectivity index (χ0n) is 18.1. The highest BCUT2D eigenvalue weighted by molar-refractivity contribution is 6.35. The molecule has 0 aliphatic heterocycles. The third-order valence-electron chi connectivity index (χ3n) is 5.93. The van der Waals surface area contributed by atoms with Crippen LogP contribution in [0.1, 0.15) is 23.1 Å². The van der Waals surface area contributed by atoms with E-state index in [0.717, 1.165) is 16.5 Å². The molecule has 5 rings (SSSR count). The van der Waals surface area contributed by atoms with Gasteiger partial charge in [0.05, 0.1) is 12.6 Å². The molecule has 0 aliphatic rings. The van der Waals surface area contributed by atoms with Crippen LogP contribution >= 0.6 is 11.6 Å². The quantitative estimate of drug-likeness (QED) is 0.414. The van der Waals surface area contributed by atoms with Gasteiger partial charge in [0, 0.05) is 48.1 Å². The Balaban J connectivity index is 1.59. The van der Waals surface area contributed by atoms with Crippen LogP contribution in [0.3, 0.4) is 0 Å². The molecular weight excluding hydrogens is 442 g/mol. The summed E-state index contributed by atoms with van der Waals surface area (Å²) in [5.74, 6) is 0.532. The monoisotopic (exact) mass is 463 g/mol. The SMILES string of the molecule is Cn1c([C@@H](N)Cc2ccncc2)nc2c1c(=O)n(Cc1cc3c(Cl)cccc3[nH]1)c(=O)n2C. The second-order valence-electron chi connectivity index (χ2n) is 8.10. The van der Waals surface area contributed by atoms with E-state index < -0.39 is 17.3 Å². The van der Waals surface area contributed by atoms with Gasteiger partial charge in [0.1, 0.15) is 5.82 Å². The Morgan fingerprint density at radius 1 is 1.12 bits per heavy atom. The largest absolute Gasteiger partial charge is 0.357 e. The number of hydrogen-bond acceptors (Lipinski definition) is 5. The Bertz CT molecular complexity index is 1610. The molecule has 4 aromatic heterocycles. The normalized spacial score (nSPS) is 12.6. The molecular formula is C23H22ClN7O2. The van der Waals surface area contributed by atoms with Crippen molar-refractivity contribution >= 4 is 33.7 Å². The first-order valence-electron chi connectivity index (χ1n) is 10.4. The van der Waals surface area contributed by atoms with E-state index in [4.69, 9.17) is 17.3 Å². The van der Waals surface area contributed by atoms with Gasteiger partial charge in [-0.25, -0.2) is 9.78 Å². The first-order chi connectivity index (χ1) is 15.8. The van der Waals surface area contributed by atoms with Crippen molar-refractivity contribution in [3.63, 3.8) is 0 Å². The summed E-state index contributed by atoms with van der Waals surface area (Å²) in [6, 6.07) is 10.7. The average molecular weight is 464 g/mol. The number of rotatable bonds is 5. The number of nitrogens with zero attached hydrogens (tertiary/aromatic N) is 5. The lowest BCUT2D eigenvalue weighted by Crippen LogP contribution is -2.39. The van der Waals surface area contributed by atoms with Crippen LogP contribution in [0.15, 0.2) is 58.4 Å². The fraction of sp³-hybridized carbons (Fsp3) is 0.217. The van der Waals surface area contributed by atoms with Gasteiger partial charge >= 0.3 is 5.69 Å². The predicted octanol–water partition coefficient (Wildman–Crippen LogP) is 2.25. The lowest BCUT2D eigenvalue weighted by Gasteiger charge is -2.11. The van der Waals surface area contributed by atoms with E-state index in [2.05, 4.69) is 15.0 Å². The van der Waals surface area contributed by atoms with E-state index in [0.29, 0.717) is 34.1 Å². The van der Waals surface area contributed by atoms with Crippen LogP contribution in [0.5, 0.6) is 0 Å². The molecule has 0 spiro atoms. The van der Waals surface area contributed by atoms with Gasteiger partial charge in [0.15, 0.2) is 11.2 Å². The maximum absolute atomic E-state index is 13.4. The summed E-state index contributed by atoms with van der Waals surface area (Å²) in [6.45, 7) is 0.0794. The van der Waals surface area contributed by atoms with Gasteiger partial charge in [0.2, 0.25) is 0 Å². The van der Waals surface area contributed by atoms with E-state index >= 15 is 0 Å². The number of nitrogens with two attached hydrogens (primary N) is 1. The molecule has 0 saturated carbocycles. The second kappa shape index (κ2) is 8.02. The lowest BCUT2D eigenvalue weighted by atomic mass is 10.1. The standard InChI is InChI=1S/C23H22ClN7O2/c1-29-19-21(28-20(29)17(25)10-13-6-8-26-9-7-13)30(2)23(33)31(22(19)32)12-14-11-15-16(24)4-3-5-18(15)27-14/h3-9,11,17,27H,10,12,25H2,1-2H3/t17-/m0/s1. The molecule has 0 unspecified atom stereocenters. The number of aryl methyl sites for hydroxylation is 2. The minimum absolute atomic E-state index is 0.0794. The van der Waals surface area contributed by atoms with Crippen molar-refractivity contribution in [3.8, 4) is 0 Å². The molecule has 0 bridgehead atoms. The van der Waals surface area contributed by atoms with Crippen molar-refractivity contribution in [2.75, 3.05) is 0 Å². The predicted molar refractivity (Wildman–Crippen MR) is 127 cm³/mol. The highest BCUT2D eigenvalue weighted by atomic mass is 35.5. The number of fused-ring (bicyclic) bond motifs is 2. The molecule has 10 heteroatoms. The van der Waals surface area contributed by atoms with E-state index in [1.54, 1.807) is 37.1 Å². The summed E-state index contributed by atoms with van der Waals surface area (Å²) in [5.41, 5.74) is 8.74. The van der Waals surface area contributed by atoms with Crippen LogP contribution in [0.25, 0.3) is 22.1 Å². The third kappa shape index (κ3) is 3.55. The molecule has 1 atom stereocenters. The minimum Gasteiger partial charge on any atom is -0.357 e. The highest BCUT2D eigenvalue weighted by Crippen LogP contribution is 2.24. The van der Waals surface area contributed by atoms with Gasteiger partial charge < -0.3 is 15.3 Å². The van der Waals surface area contributed by atoms with Crippen molar-refractivity contribution < 1.29 is 0 Å². The van der Waals surface area contributed by atoms with Crippen molar-refractivity contribution in [1.82, 2.24) is 28.7 Å². The van der Waals surface area contributed by atoms with Gasteiger partial charge in [-0.2, -0.15) is 0 Å². The molecule has 3 N–H and O–H groups in total. The smallest absolute Gasteiger partial charge is 0.332 e. The van der Waals surface area contributed by atoms with E-state index in [1.165, 1.54) is 9.13 Å². The van der Waals surface area contributed by atoms with Gasteiger partial charge in [-0.3, -0.25) is 18.9 Å². The fourth-order valence-corrected chi connectivity index (χ4v) is 4.46. The molecule has 0 aliphatic carbocycles. The van der Waals surface area contributed by atoms with E-state index in [1.807, 2.05) is 30.3 Å². The van der Waals surface area contributed by atoms with E-state index in [9.17, 15) is 9.59 Å². The molecule has 0 amide bonds. The Morgan fingerprint density at radius 3 is 2.61 bits per heavy atom. The molecule has 168 valence electrons. The van der Waals surface area contributed by atoms with Crippen LogP contribution < -0.4 is 17.0 Å². The Hall–Kier alpha value is -3.69. The van der Waals surface area contributed by atoms with Crippen molar-refractivity contribution in [3.05, 3.63) is 91.7 Å². The number of pyridine rings is 1.